The molecule has 3 rings (SSSR count). The van der Waals surface area contributed by atoms with Gasteiger partial charge in [0.2, 0.25) is 12.6 Å². The number of ether oxygens (including phenoxy) is 4. The molecule has 22 heavy (non-hydrogen) atoms. The molecule has 0 saturated carbocycles. The summed E-state index contributed by atoms with van der Waals surface area (Å²) >= 11 is 6.07. The van der Waals surface area contributed by atoms with Gasteiger partial charge in [0, 0.05) is 7.11 Å². The molecule has 0 saturated heterocycles. The predicted octanol–water partition coefficient (Wildman–Crippen LogP) is 3.17. The van der Waals surface area contributed by atoms with Gasteiger partial charge in [-0.3, -0.25) is 0 Å². The van der Waals surface area contributed by atoms with Crippen molar-refractivity contribution < 1.29 is 28.2 Å². The second kappa shape index (κ2) is 6.29. The Morgan fingerprint density at radius 2 is 2.14 bits per heavy atom. The normalized spacial score (nSPS) is 12.5. The lowest BCUT2D eigenvalue weighted by Crippen LogP contribution is -2.04. The largest absolute Gasteiger partial charge is 0.455 e. The molecule has 1 aliphatic heterocycles. The molecule has 2 aromatic rings. The van der Waals surface area contributed by atoms with Crippen LogP contribution >= 0.6 is 11.6 Å². The van der Waals surface area contributed by atoms with Gasteiger partial charge in [-0.25, -0.2) is 4.79 Å². The first kappa shape index (κ1) is 14.7. The van der Waals surface area contributed by atoms with Crippen molar-refractivity contribution in [1.29, 1.82) is 0 Å². The number of rotatable bonds is 5. The van der Waals surface area contributed by atoms with Crippen molar-refractivity contribution in [3.05, 3.63) is 46.4 Å². The van der Waals surface area contributed by atoms with Crippen LogP contribution in [0.25, 0.3) is 0 Å². The molecule has 0 N–H and O–H groups in total. The van der Waals surface area contributed by atoms with Gasteiger partial charge in [0.25, 0.3) is 0 Å². The monoisotopic (exact) mass is 324 g/mol. The highest BCUT2D eigenvalue weighted by atomic mass is 35.5. The number of carbonyl (C=O) groups excluding carboxylic acids is 1. The van der Waals surface area contributed by atoms with Crippen molar-refractivity contribution >= 4 is 17.6 Å². The number of esters is 1. The van der Waals surface area contributed by atoms with E-state index >= 15 is 0 Å². The molecule has 0 fully saturated rings. The van der Waals surface area contributed by atoms with E-state index in [9.17, 15) is 4.79 Å². The number of hydrogen-bond donors (Lipinski definition) is 0. The first-order valence-electron chi connectivity index (χ1n) is 6.50. The Labute approximate surface area is 131 Å². The summed E-state index contributed by atoms with van der Waals surface area (Å²) in [6, 6.07) is 6.60. The zero-order valence-corrected chi connectivity index (χ0v) is 12.5. The summed E-state index contributed by atoms with van der Waals surface area (Å²) in [5.41, 5.74) is 0.700. The Balaban J connectivity index is 1.64. The van der Waals surface area contributed by atoms with E-state index in [1.807, 2.05) is 0 Å². The molecule has 0 bridgehead atoms. The molecule has 0 radical (unpaired) electrons. The Morgan fingerprint density at radius 3 is 2.95 bits per heavy atom. The van der Waals surface area contributed by atoms with Gasteiger partial charge in [-0.05, 0) is 29.8 Å². The number of halogens is 1. The fourth-order valence-electron chi connectivity index (χ4n) is 2.03. The summed E-state index contributed by atoms with van der Waals surface area (Å²) in [5.74, 6) is 1.17. The van der Waals surface area contributed by atoms with Gasteiger partial charge in [0.15, 0.2) is 11.5 Å². The lowest BCUT2D eigenvalue weighted by molar-refractivity contribution is 0.0429. The average Bonchev–Trinajstić information content (AvgIpc) is 3.14. The van der Waals surface area contributed by atoms with Crippen molar-refractivity contribution in [2.45, 2.75) is 13.2 Å². The summed E-state index contributed by atoms with van der Waals surface area (Å²) in [4.78, 5) is 11.9. The van der Waals surface area contributed by atoms with Gasteiger partial charge in [0.05, 0.1) is 5.02 Å². The van der Waals surface area contributed by atoms with Crippen molar-refractivity contribution in [2.24, 2.45) is 0 Å². The lowest BCUT2D eigenvalue weighted by Gasteiger charge is -2.06. The summed E-state index contributed by atoms with van der Waals surface area (Å²) in [5, 5.41) is 0.418. The van der Waals surface area contributed by atoms with Crippen LogP contribution in [-0.4, -0.2) is 19.9 Å². The fourth-order valence-corrected chi connectivity index (χ4v) is 2.32. The van der Waals surface area contributed by atoms with Crippen LogP contribution in [0.4, 0.5) is 0 Å². The third-order valence-electron chi connectivity index (χ3n) is 3.01. The summed E-state index contributed by atoms with van der Waals surface area (Å²) in [6.07, 6.45) is 0. The maximum absolute atomic E-state index is 11.9. The summed E-state index contributed by atoms with van der Waals surface area (Å²) < 4.78 is 25.9. The zero-order valence-electron chi connectivity index (χ0n) is 11.8. The van der Waals surface area contributed by atoms with E-state index in [4.69, 9.17) is 35.0 Å². The molecule has 0 amide bonds. The van der Waals surface area contributed by atoms with Gasteiger partial charge in [0.1, 0.15) is 19.0 Å². The molecule has 2 heterocycles. The topological polar surface area (TPSA) is 67.1 Å². The maximum atomic E-state index is 11.9. The Hall–Kier alpha value is -2.18. The Morgan fingerprint density at radius 1 is 1.27 bits per heavy atom. The number of fused-ring (bicyclic) bond motifs is 1. The molecule has 6 nitrogen and oxygen atoms in total. The average molecular weight is 325 g/mol. The molecule has 0 atom stereocenters. The number of benzene rings is 1. The van der Waals surface area contributed by atoms with Crippen molar-refractivity contribution in [2.75, 3.05) is 13.9 Å². The number of furan rings is 1. The van der Waals surface area contributed by atoms with E-state index in [-0.39, 0.29) is 19.2 Å². The first-order valence-corrected chi connectivity index (χ1v) is 6.88. The van der Waals surface area contributed by atoms with Gasteiger partial charge in [-0.2, -0.15) is 0 Å². The second-order valence-corrected chi connectivity index (χ2v) is 4.99. The minimum absolute atomic E-state index is 0.0511. The minimum Gasteiger partial charge on any atom is -0.455 e. The van der Waals surface area contributed by atoms with Crippen molar-refractivity contribution in [1.82, 2.24) is 0 Å². The standard InChI is InChI=1S/C15H13ClO6/c1-18-7-10-2-3-12(22-10)15(17)19-6-9-4-11(16)14-13(5-9)20-8-21-14/h2-5H,6-8H2,1H3. The van der Waals surface area contributed by atoms with Crippen molar-refractivity contribution in [3.8, 4) is 11.5 Å². The van der Waals surface area contributed by atoms with E-state index in [1.165, 1.54) is 0 Å². The first-order chi connectivity index (χ1) is 10.7. The molecule has 1 aromatic carbocycles. The van der Waals surface area contributed by atoms with E-state index < -0.39 is 5.97 Å². The molecular weight excluding hydrogens is 312 g/mol. The second-order valence-electron chi connectivity index (χ2n) is 4.59. The molecule has 0 spiro atoms. The number of carbonyl (C=O) groups is 1. The van der Waals surface area contributed by atoms with Crippen LogP contribution in [0.3, 0.4) is 0 Å². The van der Waals surface area contributed by atoms with Crippen LogP contribution in [0.5, 0.6) is 11.5 Å². The van der Waals surface area contributed by atoms with E-state index in [0.717, 1.165) is 0 Å². The number of methoxy groups -OCH3 is 1. The van der Waals surface area contributed by atoms with E-state index in [1.54, 1.807) is 31.4 Å². The van der Waals surface area contributed by atoms with Gasteiger partial charge < -0.3 is 23.4 Å². The van der Waals surface area contributed by atoms with Crippen LogP contribution in [-0.2, 0) is 22.7 Å². The zero-order chi connectivity index (χ0) is 15.5. The van der Waals surface area contributed by atoms with Crippen LogP contribution < -0.4 is 9.47 Å². The third kappa shape index (κ3) is 3.03. The third-order valence-corrected chi connectivity index (χ3v) is 3.29. The van der Waals surface area contributed by atoms with E-state index in [0.29, 0.717) is 34.5 Å². The smallest absolute Gasteiger partial charge is 0.374 e. The summed E-state index contributed by atoms with van der Waals surface area (Å²) in [6.45, 7) is 0.480. The molecule has 1 aromatic heterocycles. The molecule has 0 unspecified atom stereocenters. The molecule has 0 aliphatic carbocycles. The van der Waals surface area contributed by atoms with Gasteiger partial charge in [-0.15, -0.1) is 0 Å². The van der Waals surface area contributed by atoms with Crippen LogP contribution in [0.2, 0.25) is 5.02 Å². The highest BCUT2D eigenvalue weighted by molar-refractivity contribution is 6.32. The van der Waals surface area contributed by atoms with E-state index in [2.05, 4.69) is 0 Å². The fraction of sp³-hybridized carbons (Fsp3) is 0.267. The molecule has 7 heteroatoms. The highest BCUT2D eigenvalue weighted by Crippen LogP contribution is 2.39. The predicted molar refractivity (Wildman–Crippen MR) is 76.1 cm³/mol. The SMILES string of the molecule is COCc1ccc(C(=O)OCc2cc(Cl)c3c(c2)OCO3)o1. The maximum Gasteiger partial charge on any atom is 0.374 e. The molecule has 116 valence electrons. The highest BCUT2D eigenvalue weighted by Gasteiger charge is 2.19. The Kier molecular flexibility index (Phi) is 4.22. The Bertz CT molecular complexity index is 693. The van der Waals surface area contributed by atoms with Gasteiger partial charge in [-0.1, -0.05) is 11.6 Å². The van der Waals surface area contributed by atoms with Crippen LogP contribution in [0, 0.1) is 0 Å². The number of hydrogen-bond acceptors (Lipinski definition) is 6. The van der Waals surface area contributed by atoms with Crippen molar-refractivity contribution in [3.63, 3.8) is 0 Å². The molecular formula is C15H13ClO6. The lowest BCUT2D eigenvalue weighted by atomic mass is 10.2. The minimum atomic E-state index is -0.559. The molecule has 1 aliphatic rings. The summed E-state index contributed by atoms with van der Waals surface area (Å²) in [7, 11) is 1.55. The van der Waals surface area contributed by atoms with Crippen LogP contribution in [0.15, 0.2) is 28.7 Å². The quantitative estimate of drug-likeness (QED) is 0.787. The van der Waals surface area contributed by atoms with Gasteiger partial charge >= 0.3 is 5.97 Å². The van der Waals surface area contributed by atoms with Crippen LogP contribution in [0.1, 0.15) is 21.9 Å².